The highest BCUT2D eigenvalue weighted by Gasteiger charge is 2.56. The molecule has 13 heteroatoms. The number of ketones is 2. The van der Waals surface area contributed by atoms with E-state index < -0.39 is 77.9 Å². The number of esters is 1. The van der Waals surface area contributed by atoms with Gasteiger partial charge in [0.25, 0.3) is 11.7 Å². The Bertz CT molecular complexity index is 1480. The molecule has 0 aromatic carbocycles. The summed E-state index contributed by atoms with van der Waals surface area (Å²) in [6.45, 7) is 13.2. The van der Waals surface area contributed by atoms with Gasteiger partial charge in [-0.25, -0.2) is 4.79 Å². The first-order chi connectivity index (χ1) is 27.0. The van der Waals surface area contributed by atoms with Crippen molar-refractivity contribution in [3.8, 4) is 0 Å². The van der Waals surface area contributed by atoms with Gasteiger partial charge in [0.05, 0.1) is 30.5 Å². The highest BCUT2D eigenvalue weighted by atomic mass is 16.7. The number of Topliss-reactive ketones (excluding diaryl/α,β-unsaturated/α-hetero) is 2. The smallest absolute Gasteiger partial charge is 0.329 e. The van der Waals surface area contributed by atoms with Gasteiger partial charge in [0, 0.05) is 46.1 Å². The van der Waals surface area contributed by atoms with Crippen molar-refractivity contribution in [3.63, 3.8) is 0 Å². The predicted octanol–water partition coefficient (Wildman–Crippen LogP) is 4.64. The highest BCUT2D eigenvalue weighted by molar-refractivity contribution is 6.39. The summed E-state index contributed by atoms with van der Waals surface area (Å²) in [5.41, 5.74) is 1.18. The molecule has 3 fully saturated rings. The number of aliphatic hydroxyl groups is 3. The number of cyclic esters (lactones) is 1. The Labute approximate surface area is 339 Å². The van der Waals surface area contributed by atoms with Crippen LogP contribution in [0.2, 0.25) is 0 Å². The van der Waals surface area contributed by atoms with E-state index in [4.69, 9.17) is 23.7 Å². The van der Waals surface area contributed by atoms with Gasteiger partial charge < -0.3 is 43.9 Å². The number of hydrogen-bond acceptors (Lipinski definition) is 12. The van der Waals surface area contributed by atoms with E-state index in [9.17, 15) is 34.5 Å². The molecule has 3 N–H and O–H groups in total. The van der Waals surface area contributed by atoms with Crippen LogP contribution < -0.4 is 0 Å². The van der Waals surface area contributed by atoms with Crippen LogP contribution in [-0.4, -0.2) is 126 Å². The Morgan fingerprint density at radius 1 is 0.912 bits per heavy atom. The van der Waals surface area contributed by atoms with E-state index in [0.29, 0.717) is 62.5 Å². The molecule has 0 radical (unpaired) electrons. The molecular formula is C44H69NO12. The number of methoxy groups -OCH3 is 3. The van der Waals surface area contributed by atoms with Crippen molar-refractivity contribution >= 4 is 23.4 Å². The number of allylic oxidation sites excluding steroid dienone is 4. The van der Waals surface area contributed by atoms with Gasteiger partial charge in [-0.05, 0) is 100 Å². The maximum Gasteiger partial charge on any atom is 0.329 e. The Kier molecular flexibility index (Phi) is 17.2. The quantitative estimate of drug-likeness (QED) is 0.185. The topological polar surface area (TPSA) is 178 Å². The van der Waals surface area contributed by atoms with Gasteiger partial charge in [-0.15, -0.1) is 6.58 Å². The summed E-state index contributed by atoms with van der Waals surface area (Å²) in [5.74, 6) is -7.32. The lowest BCUT2D eigenvalue weighted by Crippen LogP contribution is -2.64. The van der Waals surface area contributed by atoms with Crippen molar-refractivity contribution in [3.05, 3.63) is 36.0 Å². The standard InChI is InChI=1S/C44H69NO12/c1-10-13-31-19-25(2)18-26(3)20-37(54-8)40-38(55-9)22-28(5)44(52,57-40)41(49)42(50)45-17-12-11-14-32(45)43(51)56-39(29(6)34(47)24-35(31)48)27(4)21-30-15-16-33(46)36(23-30)53-7/h10,19,21,25-26,28-30,32-34,36-40,46-47,52H,1,11-18,20,22-24H2,2-9H3/t25?,26-,28+,29+,30?,32-,33+,34-,36+,37-,38-,39+,40+,44+/m0/s1. The molecule has 57 heavy (non-hydrogen) atoms. The molecule has 13 nitrogen and oxygen atoms in total. The summed E-state index contributed by atoms with van der Waals surface area (Å²) in [7, 11) is 4.61. The van der Waals surface area contributed by atoms with Gasteiger partial charge in [0.2, 0.25) is 5.79 Å². The second kappa shape index (κ2) is 21.0. The molecule has 3 heterocycles. The summed E-state index contributed by atoms with van der Waals surface area (Å²) in [5, 5.41) is 34.1. The van der Waals surface area contributed by atoms with E-state index >= 15 is 0 Å². The number of ether oxygens (including phenoxy) is 5. The first-order valence-electron chi connectivity index (χ1n) is 20.9. The molecule has 2 bridgehead atoms. The second-order valence-corrected chi connectivity index (χ2v) is 17.3. The number of hydrogen-bond donors (Lipinski definition) is 3. The Morgan fingerprint density at radius 2 is 1.58 bits per heavy atom. The SMILES string of the molecule is C=CCC1=CC(C)C[C@H](C)C[C@H](OC)[C@H]2O[C@@](O)(C(=O)C(=O)N3CCCC[C@H]3C(=O)O[C@H](C(C)=CC3CC[C@@H](O)[C@H](OC)C3)[C@H](C)[C@@H](O)CC1=O)[C@H](C)C[C@@H]2OC. The number of aliphatic hydroxyl groups excluding tert-OH is 2. The molecule has 3 aliphatic heterocycles. The molecule has 2 saturated heterocycles. The number of nitrogens with zero attached hydrogens (tertiary/aromatic N) is 1. The van der Waals surface area contributed by atoms with Gasteiger partial charge >= 0.3 is 5.97 Å². The van der Waals surface area contributed by atoms with Crippen LogP contribution >= 0.6 is 0 Å². The van der Waals surface area contributed by atoms with Crippen LogP contribution in [0, 0.1) is 29.6 Å². The fourth-order valence-electron chi connectivity index (χ4n) is 9.44. The lowest BCUT2D eigenvalue weighted by molar-refractivity contribution is -0.302. The van der Waals surface area contributed by atoms with Gasteiger partial charge in [-0.1, -0.05) is 45.9 Å². The van der Waals surface area contributed by atoms with E-state index in [0.717, 1.165) is 0 Å². The van der Waals surface area contributed by atoms with Crippen molar-refractivity contribution in [2.45, 2.75) is 160 Å². The number of fused-ring (bicyclic) bond motifs is 3. The van der Waals surface area contributed by atoms with Crippen molar-refractivity contribution in [2.24, 2.45) is 29.6 Å². The summed E-state index contributed by atoms with van der Waals surface area (Å²) in [4.78, 5) is 57.8. The molecule has 0 spiro atoms. The summed E-state index contributed by atoms with van der Waals surface area (Å²) in [6, 6.07) is -1.14. The summed E-state index contributed by atoms with van der Waals surface area (Å²) < 4.78 is 29.8. The van der Waals surface area contributed by atoms with Crippen LogP contribution in [0.3, 0.4) is 0 Å². The largest absolute Gasteiger partial charge is 0.456 e. The van der Waals surface area contributed by atoms with Crippen LogP contribution in [0.15, 0.2) is 36.0 Å². The van der Waals surface area contributed by atoms with Crippen LogP contribution in [0.1, 0.15) is 105 Å². The van der Waals surface area contributed by atoms with Gasteiger partial charge in [-0.3, -0.25) is 14.4 Å². The van der Waals surface area contributed by atoms with Crippen LogP contribution in [0.5, 0.6) is 0 Å². The molecule has 1 saturated carbocycles. The average Bonchev–Trinajstić information content (AvgIpc) is 3.18. The molecule has 0 aromatic heterocycles. The summed E-state index contributed by atoms with van der Waals surface area (Å²) in [6.07, 6.45) is 4.89. The highest BCUT2D eigenvalue weighted by Crippen LogP contribution is 2.39. The fourth-order valence-corrected chi connectivity index (χ4v) is 9.44. The molecule has 4 aliphatic rings. The molecule has 1 aliphatic carbocycles. The zero-order valence-electron chi connectivity index (χ0n) is 35.4. The third-order valence-electron chi connectivity index (χ3n) is 12.8. The molecule has 14 atom stereocenters. The third kappa shape index (κ3) is 11.3. The van der Waals surface area contributed by atoms with Gasteiger partial charge in [0.1, 0.15) is 18.2 Å². The van der Waals surface area contributed by atoms with Gasteiger partial charge in [-0.2, -0.15) is 0 Å². The van der Waals surface area contributed by atoms with Crippen molar-refractivity contribution in [1.82, 2.24) is 4.90 Å². The van der Waals surface area contributed by atoms with E-state index in [1.165, 1.54) is 19.1 Å². The number of piperidine rings is 1. The predicted molar refractivity (Wildman–Crippen MR) is 213 cm³/mol. The van der Waals surface area contributed by atoms with Crippen molar-refractivity contribution in [2.75, 3.05) is 27.9 Å². The lowest BCUT2D eigenvalue weighted by Gasteiger charge is -2.47. The van der Waals surface area contributed by atoms with E-state index in [-0.39, 0.29) is 55.4 Å². The first-order valence-corrected chi connectivity index (χ1v) is 20.9. The van der Waals surface area contributed by atoms with Crippen molar-refractivity contribution < 1.29 is 58.2 Å². The normalized spacial score (nSPS) is 40.1. The van der Waals surface area contributed by atoms with E-state index in [1.807, 2.05) is 26.0 Å². The number of carbonyl (C=O) groups is 4. The van der Waals surface area contributed by atoms with E-state index in [2.05, 4.69) is 13.5 Å². The molecular weight excluding hydrogens is 734 g/mol. The maximum absolute atomic E-state index is 14.3. The second-order valence-electron chi connectivity index (χ2n) is 17.3. The summed E-state index contributed by atoms with van der Waals surface area (Å²) >= 11 is 0. The molecule has 4 rings (SSSR count). The first kappa shape index (κ1) is 46.9. The zero-order valence-corrected chi connectivity index (χ0v) is 35.4. The van der Waals surface area contributed by atoms with Gasteiger partial charge in [0.15, 0.2) is 5.78 Å². The monoisotopic (exact) mass is 803 g/mol. The Hall–Kier alpha value is -2.78. The fraction of sp³-hybridized carbons (Fsp3) is 0.773. The van der Waals surface area contributed by atoms with E-state index in [1.54, 1.807) is 27.0 Å². The number of rotatable bonds is 7. The minimum Gasteiger partial charge on any atom is -0.456 e. The Morgan fingerprint density at radius 3 is 2.23 bits per heavy atom. The molecule has 0 aromatic rings. The average molecular weight is 804 g/mol. The number of carbonyl (C=O) groups excluding carboxylic acids is 4. The minimum absolute atomic E-state index is 0.0120. The maximum atomic E-state index is 14.3. The van der Waals surface area contributed by atoms with Crippen LogP contribution in [0.25, 0.3) is 0 Å². The van der Waals surface area contributed by atoms with Crippen LogP contribution in [-0.2, 0) is 42.9 Å². The lowest BCUT2D eigenvalue weighted by atomic mass is 9.81. The third-order valence-corrected chi connectivity index (χ3v) is 12.8. The molecule has 2 unspecified atom stereocenters. The number of amides is 1. The zero-order chi connectivity index (χ0) is 42.2. The molecule has 1 amide bonds. The minimum atomic E-state index is -2.51. The molecule has 322 valence electrons. The van der Waals surface area contributed by atoms with Crippen LogP contribution in [0.4, 0.5) is 0 Å². The Balaban J connectivity index is 1.78. The van der Waals surface area contributed by atoms with Crippen molar-refractivity contribution in [1.29, 1.82) is 0 Å².